The third kappa shape index (κ3) is 2.57. The monoisotopic (exact) mass is 313 g/mol. The minimum Gasteiger partial charge on any atom is -0.464 e. The van der Waals surface area contributed by atoms with Crippen molar-refractivity contribution in [3.63, 3.8) is 0 Å². The highest BCUT2D eigenvalue weighted by atomic mass is 16.3. The molecule has 0 aliphatic rings. The van der Waals surface area contributed by atoms with E-state index in [0.29, 0.717) is 22.2 Å². The van der Waals surface area contributed by atoms with Gasteiger partial charge < -0.3 is 15.2 Å². The molecule has 0 aliphatic carbocycles. The minimum atomic E-state index is -0.761. The minimum absolute atomic E-state index is 0.162. The summed E-state index contributed by atoms with van der Waals surface area (Å²) in [5.74, 6) is -1.37. The van der Waals surface area contributed by atoms with E-state index >= 15 is 0 Å². The van der Waals surface area contributed by atoms with Gasteiger partial charge in [-0.1, -0.05) is 12.1 Å². The van der Waals surface area contributed by atoms with Gasteiger partial charge in [0.25, 0.3) is 5.56 Å². The van der Waals surface area contributed by atoms with Gasteiger partial charge in [0.2, 0.25) is 5.91 Å². The van der Waals surface area contributed by atoms with Crippen LogP contribution in [0.3, 0.4) is 0 Å². The molecule has 7 nitrogen and oxygen atoms in total. The van der Waals surface area contributed by atoms with Gasteiger partial charge in [0.1, 0.15) is 5.58 Å². The van der Waals surface area contributed by atoms with Gasteiger partial charge in [-0.3, -0.25) is 19.5 Å². The van der Waals surface area contributed by atoms with Crippen LogP contribution in [-0.2, 0) is 4.79 Å². The predicted octanol–water partition coefficient (Wildman–Crippen LogP) is 1.13. The number of primary amides is 1. The lowest BCUT2D eigenvalue weighted by Gasteiger charge is -2.14. The summed E-state index contributed by atoms with van der Waals surface area (Å²) in [6.45, 7) is 1.68. The topological polar surface area (TPSA) is 122 Å². The molecule has 1 amide bonds. The van der Waals surface area contributed by atoms with Crippen LogP contribution in [0.5, 0.6) is 0 Å². The summed E-state index contributed by atoms with van der Waals surface area (Å²) in [5.41, 5.74) is 6.18. The number of hydrogen-bond donors (Lipinski definition) is 3. The molecule has 0 spiro atoms. The molecule has 2 aromatic heterocycles. The number of benzene rings is 1. The Balaban J connectivity index is 2.26. The van der Waals surface area contributed by atoms with E-state index in [1.165, 1.54) is 6.26 Å². The maximum Gasteiger partial charge on any atom is 0.267 e. The lowest BCUT2D eigenvalue weighted by Crippen LogP contribution is -2.24. The first kappa shape index (κ1) is 14.8. The molecule has 3 rings (SSSR count). The quantitative estimate of drug-likeness (QED) is 0.668. The highest BCUT2D eigenvalue weighted by Gasteiger charge is 2.26. The first-order valence-corrected chi connectivity index (χ1v) is 7.05. The molecule has 3 aromatic rings. The normalized spacial score (nSPS) is 12.4. The smallest absolute Gasteiger partial charge is 0.267 e. The number of H-pyrrole nitrogens is 2. The van der Waals surface area contributed by atoms with E-state index in [1.807, 2.05) is 0 Å². The Morgan fingerprint density at radius 3 is 2.65 bits per heavy atom. The second-order valence-electron chi connectivity index (χ2n) is 5.36. The van der Waals surface area contributed by atoms with Crippen molar-refractivity contribution in [1.82, 2.24) is 10.2 Å². The van der Waals surface area contributed by atoms with Gasteiger partial charge in [0.15, 0.2) is 5.43 Å². The SMILES string of the molecule is Cc1[nH][nH]c(=O)c1[C@H](CC(N)=O)c1coc2ccccc2c1=O. The molecule has 0 bridgehead atoms. The average Bonchev–Trinajstić information content (AvgIpc) is 2.85. The molecular formula is C16H15N3O4. The van der Waals surface area contributed by atoms with E-state index in [2.05, 4.69) is 10.2 Å². The van der Waals surface area contributed by atoms with E-state index in [1.54, 1.807) is 31.2 Å². The molecule has 0 unspecified atom stereocenters. The number of aryl methyl sites for hydroxylation is 1. The number of aromatic nitrogens is 2. The van der Waals surface area contributed by atoms with Gasteiger partial charge in [-0.15, -0.1) is 0 Å². The van der Waals surface area contributed by atoms with Crippen molar-refractivity contribution < 1.29 is 9.21 Å². The van der Waals surface area contributed by atoms with Gasteiger partial charge in [-0.05, 0) is 19.1 Å². The van der Waals surface area contributed by atoms with Gasteiger partial charge in [-0.25, -0.2) is 0 Å². The Labute approximate surface area is 130 Å². The number of amides is 1. The van der Waals surface area contributed by atoms with Gasteiger partial charge in [0.05, 0.1) is 11.6 Å². The fraction of sp³-hybridized carbons (Fsp3) is 0.188. The summed E-state index contributed by atoms with van der Waals surface area (Å²) in [6, 6.07) is 6.80. The zero-order chi connectivity index (χ0) is 16.6. The first-order valence-electron chi connectivity index (χ1n) is 7.05. The van der Waals surface area contributed by atoms with Crippen molar-refractivity contribution in [3.8, 4) is 0 Å². The van der Waals surface area contributed by atoms with Gasteiger partial charge in [-0.2, -0.15) is 0 Å². The first-order chi connectivity index (χ1) is 11.0. The van der Waals surface area contributed by atoms with E-state index < -0.39 is 11.8 Å². The maximum atomic E-state index is 12.7. The third-order valence-corrected chi connectivity index (χ3v) is 3.85. The van der Waals surface area contributed by atoms with Crippen LogP contribution in [-0.4, -0.2) is 16.1 Å². The summed E-state index contributed by atoms with van der Waals surface area (Å²) in [5, 5.41) is 5.54. The third-order valence-electron chi connectivity index (χ3n) is 3.85. The molecule has 1 aromatic carbocycles. The van der Waals surface area contributed by atoms with E-state index in [4.69, 9.17) is 10.2 Å². The fourth-order valence-corrected chi connectivity index (χ4v) is 2.78. The summed E-state index contributed by atoms with van der Waals surface area (Å²) >= 11 is 0. The summed E-state index contributed by atoms with van der Waals surface area (Å²) in [7, 11) is 0. The molecule has 4 N–H and O–H groups in total. The van der Waals surface area contributed by atoms with Crippen molar-refractivity contribution in [3.05, 3.63) is 67.9 Å². The fourth-order valence-electron chi connectivity index (χ4n) is 2.78. The molecule has 2 heterocycles. The van der Waals surface area contributed by atoms with E-state index in [9.17, 15) is 14.4 Å². The molecule has 0 radical (unpaired) electrons. The van der Waals surface area contributed by atoms with Crippen LogP contribution in [0.25, 0.3) is 11.0 Å². The Morgan fingerprint density at radius 2 is 2.00 bits per heavy atom. The molecule has 118 valence electrons. The summed E-state index contributed by atoms with van der Waals surface area (Å²) in [6.07, 6.45) is 1.13. The Hall–Kier alpha value is -3.09. The standard InChI is InChI=1S/C16H15N3O4/c1-8-14(16(22)19-18-8)10(6-13(17)20)11-7-23-12-5-3-2-4-9(12)15(11)21/h2-5,7,10H,6H2,1H3,(H2,17,20)(H2,18,19,22)/t10-/m1/s1. The lowest BCUT2D eigenvalue weighted by atomic mass is 9.89. The van der Waals surface area contributed by atoms with Crippen molar-refractivity contribution >= 4 is 16.9 Å². The number of para-hydroxylation sites is 1. The highest BCUT2D eigenvalue weighted by molar-refractivity contribution is 5.78. The number of hydrogen-bond acceptors (Lipinski definition) is 4. The van der Waals surface area contributed by atoms with Crippen LogP contribution < -0.4 is 16.7 Å². The van der Waals surface area contributed by atoms with Crippen LogP contribution in [0.15, 0.2) is 44.5 Å². The average molecular weight is 313 g/mol. The summed E-state index contributed by atoms with van der Waals surface area (Å²) < 4.78 is 5.49. The highest BCUT2D eigenvalue weighted by Crippen LogP contribution is 2.26. The van der Waals surface area contributed by atoms with E-state index in [0.717, 1.165) is 0 Å². The molecule has 23 heavy (non-hydrogen) atoms. The summed E-state index contributed by atoms with van der Waals surface area (Å²) in [4.78, 5) is 36.2. The molecule has 0 saturated heterocycles. The van der Waals surface area contributed by atoms with E-state index in [-0.39, 0.29) is 23.0 Å². The van der Waals surface area contributed by atoms with Crippen molar-refractivity contribution in [1.29, 1.82) is 0 Å². The Morgan fingerprint density at radius 1 is 1.26 bits per heavy atom. The zero-order valence-electron chi connectivity index (χ0n) is 12.4. The Kier molecular flexibility index (Phi) is 3.61. The number of fused-ring (bicyclic) bond motifs is 1. The van der Waals surface area contributed by atoms with Crippen LogP contribution in [0.1, 0.15) is 29.2 Å². The van der Waals surface area contributed by atoms with Crippen molar-refractivity contribution in [2.75, 3.05) is 0 Å². The van der Waals surface area contributed by atoms with Crippen LogP contribution >= 0.6 is 0 Å². The van der Waals surface area contributed by atoms with Crippen molar-refractivity contribution in [2.45, 2.75) is 19.3 Å². The van der Waals surface area contributed by atoms with Crippen LogP contribution in [0, 0.1) is 6.92 Å². The molecule has 1 atom stereocenters. The number of carbonyl (C=O) groups is 1. The lowest BCUT2D eigenvalue weighted by molar-refractivity contribution is -0.118. The largest absolute Gasteiger partial charge is 0.464 e. The second-order valence-corrected chi connectivity index (χ2v) is 5.36. The predicted molar refractivity (Wildman–Crippen MR) is 84.3 cm³/mol. The number of carbonyl (C=O) groups excluding carboxylic acids is 1. The van der Waals surface area contributed by atoms with Crippen LogP contribution in [0.2, 0.25) is 0 Å². The van der Waals surface area contributed by atoms with Gasteiger partial charge in [0, 0.05) is 29.2 Å². The number of rotatable bonds is 4. The number of nitrogens with two attached hydrogens (primary N) is 1. The number of nitrogens with one attached hydrogen (secondary N) is 2. The Bertz CT molecular complexity index is 996. The molecule has 7 heteroatoms. The second kappa shape index (κ2) is 5.60. The zero-order valence-corrected chi connectivity index (χ0v) is 12.4. The molecule has 0 fully saturated rings. The molecule has 0 saturated carbocycles. The van der Waals surface area contributed by atoms with Crippen LogP contribution in [0.4, 0.5) is 0 Å². The molecular weight excluding hydrogens is 298 g/mol. The van der Waals surface area contributed by atoms with Crippen molar-refractivity contribution in [2.24, 2.45) is 5.73 Å². The number of aromatic amines is 2. The molecule has 0 aliphatic heterocycles. The van der Waals surface area contributed by atoms with Gasteiger partial charge >= 0.3 is 0 Å². The maximum absolute atomic E-state index is 12.7.